The van der Waals surface area contributed by atoms with Gasteiger partial charge in [-0.2, -0.15) is 0 Å². The van der Waals surface area contributed by atoms with Crippen molar-refractivity contribution < 1.29 is 14.4 Å². The lowest BCUT2D eigenvalue weighted by Crippen LogP contribution is -2.57. The Morgan fingerprint density at radius 1 is 0.825 bits per heavy atom. The highest BCUT2D eigenvalue weighted by atomic mass is 16.2. The lowest BCUT2D eigenvalue weighted by molar-refractivity contribution is -0.136. The minimum absolute atomic E-state index is 0.0216. The fourth-order valence-electron chi connectivity index (χ4n) is 5.92. The van der Waals surface area contributed by atoms with E-state index in [1.807, 2.05) is 109 Å². The number of likely N-dealkylation sites (tertiary alicyclic amines) is 1. The summed E-state index contributed by atoms with van der Waals surface area (Å²) in [5.74, 6) is -0.314. The molecule has 6 rings (SSSR count). The summed E-state index contributed by atoms with van der Waals surface area (Å²) in [5, 5.41) is 5.04. The van der Waals surface area contributed by atoms with Gasteiger partial charge in [0.05, 0.1) is 6.67 Å². The molecule has 0 bridgehead atoms. The first-order valence-corrected chi connectivity index (χ1v) is 13.7. The van der Waals surface area contributed by atoms with Crippen LogP contribution in [0.2, 0.25) is 0 Å². The summed E-state index contributed by atoms with van der Waals surface area (Å²) >= 11 is 0. The van der Waals surface area contributed by atoms with Crippen LogP contribution in [0.3, 0.4) is 0 Å². The average Bonchev–Trinajstić information content (AvgIpc) is 3.24. The number of rotatable bonds is 5. The number of anilines is 2. The number of hydrogen-bond acceptors (Lipinski definition) is 4. The molecule has 4 aromatic rings. The Morgan fingerprint density at radius 3 is 2.23 bits per heavy atom. The molecule has 7 heteroatoms. The van der Waals surface area contributed by atoms with E-state index in [9.17, 15) is 14.4 Å². The SMILES string of the molecule is Cc1ccc(NC(=O)CN2CN(c3ccccc3)C3(CCN(C(=O)c4ccc5ccccc5c4)CC3)C2=O)cc1. The average molecular weight is 533 g/mol. The van der Waals surface area contributed by atoms with Crippen LogP contribution in [0.4, 0.5) is 11.4 Å². The van der Waals surface area contributed by atoms with Crippen LogP contribution in [0.15, 0.2) is 97.1 Å². The first kappa shape index (κ1) is 25.6. The summed E-state index contributed by atoms with van der Waals surface area (Å²) in [4.78, 5) is 46.0. The van der Waals surface area contributed by atoms with Crippen LogP contribution in [0.25, 0.3) is 10.8 Å². The van der Waals surface area contributed by atoms with Gasteiger partial charge in [-0.25, -0.2) is 0 Å². The van der Waals surface area contributed by atoms with Crippen molar-refractivity contribution >= 4 is 39.9 Å². The highest BCUT2D eigenvalue weighted by molar-refractivity contribution is 6.01. The van der Waals surface area contributed by atoms with E-state index >= 15 is 0 Å². The van der Waals surface area contributed by atoms with Gasteiger partial charge in [-0.05, 0) is 66.9 Å². The molecule has 1 N–H and O–H groups in total. The zero-order chi connectivity index (χ0) is 27.7. The molecule has 2 fully saturated rings. The smallest absolute Gasteiger partial charge is 0.253 e. The molecular weight excluding hydrogens is 500 g/mol. The van der Waals surface area contributed by atoms with E-state index in [-0.39, 0.29) is 24.3 Å². The number of para-hydroxylation sites is 1. The van der Waals surface area contributed by atoms with Crippen LogP contribution in [0.1, 0.15) is 28.8 Å². The second-order valence-corrected chi connectivity index (χ2v) is 10.7. The largest absolute Gasteiger partial charge is 0.339 e. The molecular formula is C33H32N4O3. The molecule has 202 valence electrons. The molecule has 3 amide bonds. The van der Waals surface area contributed by atoms with Gasteiger partial charge in [0.1, 0.15) is 12.1 Å². The monoisotopic (exact) mass is 532 g/mol. The molecule has 1 spiro atoms. The molecule has 4 aromatic carbocycles. The van der Waals surface area contributed by atoms with Gasteiger partial charge in [0.2, 0.25) is 5.91 Å². The summed E-state index contributed by atoms with van der Waals surface area (Å²) in [6.07, 6.45) is 0.992. The number of amides is 3. The third-order valence-corrected chi connectivity index (χ3v) is 8.13. The predicted molar refractivity (Wildman–Crippen MR) is 157 cm³/mol. The molecule has 0 atom stereocenters. The van der Waals surface area contributed by atoms with Crippen molar-refractivity contribution in [2.75, 3.05) is 36.5 Å². The van der Waals surface area contributed by atoms with Crippen LogP contribution < -0.4 is 10.2 Å². The van der Waals surface area contributed by atoms with Crippen LogP contribution in [-0.4, -0.2) is 59.4 Å². The Hall–Kier alpha value is -4.65. The van der Waals surface area contributed by atoms with E-state index in [2.05, 4.69) is 10.2 Å². The molecule has 0 unspecified atom stereocenters. The maximum Gasteiger partial charge on any atom is 0.253 e. The van der Waals surface area contributed by atoms with Crippen molar-refractivity contribution in [1.82, 2.24) is 9.80 Å². The standard InChI is InChI=1S/C33H32N4O3/c1-24-11-15-28(16-12-24)34-30(38)22-36-23-37(29-9-3-2-4-10-29)33(32(36)40)17-19-35(20-18-33)31(39)27-14-13-25-7-5-6-8-26(25)21-27/h2-16,21H,17-20,22-23H2,1H3,(H,34,38). The number of fused-ring (bicyclic) bond motifs is 1. The van der Waals surface area contributed by atoms with Gasteiger partial charge in [0.25, 0.3) is 11.8 Å². The van der Waals surface area contributed by atoms with Crippen LogP contribution in [0, 0.1) is 6.92 Å². The molecule has 0 radical (unpaired) electrons. The Balaban J connectivity index is 1.20. The van der Waals surface area contributed by atoms with Crippen LogP contribution in [0.5, 0.6) is 0 Å². The fourth-order valence-corrected chi connectivity index (χ4v) is 5.92. The lowest BCUT2D eigenvalue weighted by Gasteiger charge is -2.43. The van der Waals surface area contributed by atoms with Gasteiger partial charge in [-0.1, -0.05) is 66.2 Å². The molecule has 2 aliphatic rings. The third kappa shape index (κ3) is 4.79. The van der Waals surface area contributed by atoms with Crippen molar-refractivity contribution in [3.8, 4) is 0 Å². The molecule has 0 aromatic heterocycles. The van der Waals surface area contributed by atoms with E-state index in [4.69, 9.17) is 0 Å². The fraction of sp³-hybridized carbons (Fsp3) is 0.242. The zero-order valence-electron chi connectivity index (χ0n) is 22.5. The summed E-state index contributed by atoms with van der Waals surface area (Å²) in [7, 11) is 0. The summed E-state index contributed by atoms with van der Waals surface area (Å²) in [5.41, 5.74) is 2.61. The highest BCUT2D eigenvalue weighted by Crippen LogP contribution is 2.39. The number of nitrogens with one attached hydrogen (secondary N) is 1. The summed E-state index contributed by atoms with van der Waals surface area (Å²) in [6, 6.07) is 31.2. The van der Waals surface area contributed by atoms with Crippen molar-refractivity contribution in [2.45, 2.75) is 25.3 Å². The zero-order valence-corrected chi connectivity index (χ0v) is 22.5. The van der Waals surface area contributed by atoms with Crippen molar-refractivity contribution in [1.29, 1.82) is 0 Å². The van der Waals surface area contributed by atoms with E-state index in [0.29, 0.717) is 43.9 Å². The molecule has 2 aliphatic heterocycles. The summed E-state index contributed by atoms with van der Waals surface area (Å²) in [6.45, 7) is 3.21. The summed E-state index contributed by atoms with van der Waals surface area (Å²) < 4.78 is 0. The van der Waals surface area contributed by atoms with Gasteiger partial charge in [-0.15, -0.1) is 0 Å². The maximum absolute atomic E-state index is 14.0. The molecule has 0 saturated carbocycles. The number of carbonyl (C=O) groups is 3. The van der Waals surface area contributed by atoms with Gasteiger partial charge in [-0.3, -0.25) is 14.4 Å². The van der Waals surface area contributed by atoms with Crippen molar-refractivity contribution in [2.24, 2.45) is 0 Å². The molecule has 40 heavy (non-hydrogen) atoms. The molecule has 2 saturated heterocycles. The quantitative estimate of drug-likeness (QED) is 0.390. The van der Waals surface area contributed by atoms with Crippen molar-refractivity contribution in [3.63, 3.8) is 0 Å². The number of carbonyl (C=O) groups excluding carboxylic acids is 3. The van der Waals surface area contributed by atoms with Crippen LogP contribution >= 0.6 is 0 Å². The highest BCUT2D eigenvalue weighted by Gasteiger charge is 2.54. The Morgan fingerprint density at radius 2 is 1.50 bits per heavy atom. The van der Waals surface area contributed by atoms with Gasteiger partial charge in [0.15, 0.2) is 0 Å². The number of nitrogens with zero attached hydrogens (tertiary/aromatic N) is 3. The maximum atomic E-state index is 14.0. The van der Waals surface area contributed by atoms with Crippen molar-refractivity contribution in [3.05, 3.63) is 108 Å². The number of piperidine rings is 1. The number of benzene rings is 4. The van der Waals surface area contributed by atoms with Crippen LogP contribution in [-0.2, 0) is 9.59 Å². The second-order valence-electron chi connectivity index (χ2n) is 10.7. The minimum Gasteiger partial charge on any atom is -0.339 e. The van der Waals surface area contributed by atoms with Gasteiger partial charge < -0.3 is 20.0 Å². The predicted octanol–water partition coefficient (Wildman–Crippen LogP) is 5.07. The van der Waals surface area contributed by atoms with E-state index in [1.54, 1.807) is 4.90 Å². The van der Waals surface area contributed by atoms with Gasteiger partial charge in [0, 0.05) is 30.0 Å². The first-order chi connectivity index (χ1) is 19.4. The van der Waals surface area contributed by atoms with E-state index in [1.165, 1.54) is 0 Å². The molecule has 2 heterocycles. The lowest BCUT2D eigenvalue weighted by atomic mass is 9.85. The Kier molecular flexibility index (Phi) is 6.72. The van der Waals surface area contributed by atoms with Gasteiger partial charge >= 0.3 is 0 Å². The third-order valence-electron chi connectivity index (χ3n) is 8.13. The number of hydrogen-bond donors (Lipinski definition) is 1. The molecule has 0 aliphatic carbocycles. The first-order valence-electron chi connectivity index (χ1n) is 13.7. The van der Waals surface area contributed by atoms with E-state index < -0.39 is 5.54 Å². The normalized spacial score (nSPS) is 16.5. The molecule has 7 nitrogen and oxygen atoms in total. The minimum atomic E-state index is -0.800. The topological polar surface area (TPSA) is 73.0 Å². The van der Waals surface area contributed by atoms with E-state index in [0.717, 1.165) is 22.0 Å². The Bertz CT molecular complexity index is 1560. The Labute approximate surface area is 234 Å². The second kappa shape index (κ2) is 10.5. The number of aryl methyl sites for hydroxylation is 1.